The number of hydrogen-bond acceptors (Lipinski definition) is 3. The minimum absolute atomic E-state index is 0.0692. The molecule has 1 aromatic heterocycles. The van der Waals surface area contributed by atoms with Crippen LogP contribution < -0.4 is 10.1 Å². The molecule has 3 aromatic rings. The molecule has 6 heteroatoms. The molecule has 1 unspecified atom stereocenters. The number of amides is 2. The van der Waals surface area contributed by atoms with Gasteiger partial charge in [-0.05, 0) is 50.5 Å². The number of nitrogens with one attached hydrogen (secondary N) is 1. The summed E-state index contributed by atoms with van der Waals surface area (Å²) in [6.07, 6.45) is 6.73. The number of fused-ring (bicyclic) bond motifs is 3. The monoisotopic (exact) mass is 473 g/mol. The van der Waals surface area contributed by atoms with Gasteiger partial charge in [-0.3, -0.25) is 9.59 Å². The number of aryl methyl sites for hydroxylation is 1. The Kier molecular flexibility index (Phi) is 6.30. The lowest BCUT2D eigenvalue weighted by molar-refractivity contribution is -0.134. The lowest BCUT2D eigenvalue weighted by Crippen LogP contribution is -2.64. The van der Waals surface area contributed by atoms with Gasteiger partial charge in [0.15, 0.2) is 0 Å². The highest BCUT2D eigenvalue weighted by Gasteiger charge is 2.48. The van der Waals surface area contributed by atoms with Crippen LogP contribution >= 0.6 is 0 Å². The summed E-state index contributed by atoms with van der Waals surface area (Å²) in [4.78, 5) is 29.7. The number of aromatic nitrogens is 1. The molecule has 1 saturated carbocycles. The summed E-state index contributed by atoms with van der Waals surface area (Å²) in [6.45, 7) is 4.75. The summed E-state index contributed by atoms with van der Waals surface area (Å²) < 4.78 is 7.44. The van der Waals surface area contributed by atoms with Crippen molar-refractivity contribution in [1.82, 2.24) is 14.8 Å². The molecule has 5 rings (SSSR count). The largest absolute Gasteiger partial charge is 0.497 e. The first-order chi connectivity index (χ1) is 16.9. The van der Waals surface area contributed by atoms with Crippen LogP contribution in [0.3, 0.4) is 0 Å². The van der Waals surface area contributed by atoms with Crippen molar-refractivity contribution in [3.63, 3.8) is 0 Å². The predicted octanol–water partition coefficient (Wildman–Crippen LogP) is 5.21. The Hall–Kier alpha value is -3.28. The van der Waals surface area contributed by atoms with Crippen LogP contribution in [0.5, 0.6) is 5.75 Å². The molecule has 2 aliphatic rings. The van der Waals surface area contributed by atoms with Gasteiger partial charge >= 0.3 is 0 Å². The summed E-state index contributed by atoms with van der Waals surface area (Å²) in [5.41, 5.74) is 2.69. The molecule has 1 N–H and O–H groups in total. The van der Waals surface area contributed by atoms with Gasteiger partial charge in [0.05, 0.1) is 19.2 Å². The van der Waals surface area contributed by atoms with Crippen molar-refractivity contribution < 1.29 is 14.3 Å². The molecule has 2 amide bonds. The third kappa shape index (κ3) is 4.42. The summed E-state index contributed by atoms with van der Waals surface area (Å²) in [5.74, 6) is 0.545. The Morgan fingerprint density at radius 1 is 1.06 bits per heavy atom. The molecular formula is C29H35N3O3. The zero-order valence-corrected chi connectivity index (χ0v) is 21.0. The van der Waals surface area contributed by atoms with Crippen LogP contribution in [0, 0.1) is 6.92 Å². The zero-order chi connectivity index (χ0) is 24.6. The number of carbonyl (C=O) groups is 2. The van der Waals surface area contributed by atoms with Crippen molar-refractivity contribution >= 4 is 22.7 Å². The zero-order valence-electron chi connectivity index (χ0n) is 21.0. The van der Waals surface area contributed by atoms with Crippen molar-refractivity contribution in [1.29, 1.82) is 0 Å². The number of benzene rings is 2. The van der Waals surface area contributed by atoms with Gasteiger partial charge in [0.2, 0.25) is 5.91 Å². The van der Waals surface area contributed by atoms with E-state index in [9.17, 15) is 9.59 Å². The molecule has 1 aliphatic heterocycles. The van der Waals surface area contributed by atoms with Crippen molar-refractivity contribution in [2.45, 2.75) is 77.0 Å². The van der Waals surface area contributed by atoms with Gasteiger partial charge in [-0.15, -0.1) is 0 Å². The van der Waals surface area contributed by atoms with Crippen LogP contribution in [-0.4, -0.2) is 40.0 Å². The lowest BCUT2D eigenvalue weighted by atomic mass is 9.93. The van der Waals surface area contributed by atoms with Crippen LogP contribution in [0.2, 0.25) is 0 Å². The molecule has 0 bridgehead atoms. The molecule has 2 aromatic carbocycles. The molecule has 35 heavy (non-hydrogen) atoms. The SMILES string of the molecule is COc1ccc2cc3n(c2c1)CC(C)(C(=O)NC1CCCCCC1)N(Cc1ccc(C)cc1)C3=O. The number of methoxy groups -OCH3 is 1. The molecular weight excluding hydrogens is 438 g/mol. The van der Waals surface area contributed by atoms with Gasteiger partial charge in [0.25, 0.3) is 5.91 Å². The fraction of sp³-hybridized carbons (Fsp3) is 0.448. The van der Waals surface area contributed by atoms with Gasteiger partial charge < -0.3 is 19.5 Å². The maximum Gasteiger partial charge on any atom is 0.271 e. The molecule has 0 radical (unpaired) electrons. The Labute approximate surface area is 207 Å². The van der Waals surface area contributed by atoms with E-state index >= 15 is 0 Å². The first-order valence-electron chi connectivity index (χ1n) is 12.7. The highest BCUT2D eigenvalue weighted by atomic mass is 16.5. The minimum Gasteiger partial charge on any atom is -0.497 e. The van der Waals surface area contributed by atoms with Crippen LogP contribution in [0.25, 0.3) is 10.9 Å². The number of carbonyl (C=O) groups excluding carboxylic acids is 2. The van der Waals surface area contributed by atoms with Crippen molar-refractivity contribution in [3.05, 3.63) is 65.4 Å². The average Bonchev–Trinajstić information content (AvgIpc) is 3.01. The van der Waals surface area contributed by atoms with Crippen LogP contribution in [0.1, 0.15) is 67.1 Å². The quantitative estimate of drug-likeness (QED) is 0.517. The van der Waals surface area contributed by atoms with Crippen molar-refractivity contribution in [2.75, 3.05) is 7.11 Å². The topological polar surface area (TPSA) is 63.6 Å². The molecule has 0 saturated heterocycles. The van der Waals surface area contributed by atoms with E-state index in [1.54, 1.807) is 12.0 Å². The second kappa shape index (κ2) is 9.40. The number of ether oxygens (including phenoxy) is 1. The average molecular weight is 474 g/mol. The maximum absolute atomic E-state index is 14.0. The van der Waals surface area contributed by atoms with Gasteiger partial charge in [-0.1, -0.05) is 55.5 Å². The predicted molar refractivity (Wildman–Crippen MR) is 138 cm³/mol. The first-order valence-corrected chi connectivity index (χ1v) is 12.7. The molecule has 2 heterocycles. The molecule has 0 spiro atoms. The van der Waals surface area contributed by atoms with E-state index in [-0.39, 0.29) is 17.9 Å². The van der Waals surface area contributed by atoms with Crippen LogP contribution in [-0.2, 0) is 17.9 Å². The first kappa shape index (κ1) is 23.5. The summed E-state index contributed by atoms with van der Waals surface area (Å²) >= 11 is 0. The molecule has 1 fully saturated rings. The van der Waals surface area contributed by atoms with Crippen LogP contribution in [0.4, 0.5) is 0 Å². The highest BCUT2D eigenvalue weighted by Crippen LogP contribution is 2.35. The molecule has 184 valence electrons. The highest BCUT2D eigenvalue weighted by molar-refractivity contribution is 6.03. The van der Waals surface area contributed by atoms with Crippen molar-refractivity contribution in [3.8, 4) is 5.75 Å². The second-order valence-corrected chi connectivity index (χ2v) is 10.4. The summed E-state index contributed by atoms with van der Waals surface area (Å²) in [7, 11) is 1.64. The van der Waals surface area contributed by atoms with Gasteiger partial charge in [0.1, 0.15) is 17.0 Å². The lowest BCUT2D eigenvalue weighted by Gasteiger charge is -2.44. The smallest absolute Gasteiger partial charge is 0.271 e. The summed E-state index contributed by atoms with van der Waals surface area (Å²) in [6, 6.07) is 16.1. The molecule has 1 atom stereocenters. The normalized spacial score (nSPS) is 21.0. The fourth-order valence-electron chi connectivity index (χ4n) is 5.55. The second-order valence-electron chi connectivity index (χ2n) is 10.4. The summed E-state index contributed by atoms with van der Waals surface area (Å²) in [5, 5.41) is 4.31. The van der Waals surface area contributed by atoms with Gasteiger partial charge in [-0.25, -0.2) is 0 Å². The maximum atomic E-state index is 14.0. The van der Waals surface area contributed by atoms with E-state index in [4.69, 9.17) is 4.74 Å². The Morgan fingerprint density at radius 3 is 2.46 bits per heavy atom. The Morgan fingerprint density at radius 2 is 1.77 bits per heavy atom. The number of nitrogens with zero attached hydrogens (tertiary/aromatic N) is 2. The van der Waals surface area contributed by atoms with E-state index in [1.807, 2.05) is 54.8 Å². The van der Waals surface area contributed by atoms with E-state index < -0.39 is 5.54 Å². The third-order valence-corrected chi connectivity index (χ3v) is 7.78. The van der Waals surface area contributed by atoms with Gasteiger partial charge in [-0.2, -0.15) is 0 Å². The Balaban J connectivity index is 1.55. The fourth-order valence-corrected chi connectivity index (χ4v) is 5.55. The Bertz CT molecular complexity index is 1240. The number of rotatable bonds is 5. The third-order valence-electron chi connectivity index (χ3n) is 7.78. The van der Waals surface area contributed by atoms with Gasteiger partial charge in [0, 0.05) is 24.0 Å². The number of hydrogen-bond donors (Lipinski definition) is 1. The van der Waals surface area contributed by atoms with E-state index in [0.717, 1.165) is 47.9 Å². The molecule has 1 aliphatic carbocycles. The standard InChI is InChI=1S/C29H35N3O3/c1-20-10-12-21(13-11-20)18-32-27(33)26-16-22-14-15-24(35-3)17-25(22)31(26)19-29(32,2)28(34)30-23-8-6-4-5-7-9-23/h10-17,23H,4-9,18-19H2,1-3H3,(H,30,34). The van der Waals surface area contributed by atoms with Crippen molar-refractivity contribution in [2.24, 2.45) is 0 Å². The van der Waals surface area contributed by atoms with E-state index in [2.05, 4.69) is 17.4 Å². The van der Waals surface area contributed by atoms with Crippen LogP contribution in [0.15, 0.2) is 48.5 Å². The minimum atomic E-state index is -1.02. The molecule has 6 nitrogen and oxygen atoms in total. The van der Waals surface area contributed by atoms with E-state index in [1.165, 1.54) is 18.4 Å². The van der Waals surface area contributed by atoms with E-state index in [0.29, 0.717) is 18.8 Å².